The molecule has 1 aliphatic rings. The summed E-state index contributed by atoms with van der Waals surface area (Å²) in [6, 6.07) is 7.12. The van der Waals surface area contributed by atoms with Gasteiger partial charge in [-0.2, -0.15) is 13.2 Å². The fourth-order valence-corrected chi connectivity index (χ4v) is 3.26. The molecule has 3 nitrogen and oxygen atoms in total. The van der Waals surface area contributed by atoms with Crippen LogP contribution in [0.4, 0.5) is 13.2 Å². The molecule has 3 atom stereocenters. The molecule has 0 radical (unpaired) electrons. The van der Waals surface area contributed by atoms with Crippen LogP contribution in [0.3, 0.4) is 0 Å². The van der Waals surface area contributed by atoms with Crippen LogP contribution in [0.5, 0.6) is 0 Å². The lowest BCUT2D eigenvalue weighted by molar-refractivity contribution is -0.227. The van der Waals surface area contributed by atoms with Crippen LogP contribution in [0.25, 0.3) is 0 Å². The highest BCUT2D eigenvalue weighted by atomic mass is 19.4. The van der Waals surface area contributed by atoms with Gasteiger partial charge in [0.05, 0.1) is 12.0 Å². The normalized spacial score (nSPS) is 21.5. The maximum absolute atomic E-state index is 13.2. The minimum absolute atomic E-state index is 0.228. The van der Waals surface area contributed by atoms with Gasteiger partial charge < -0.3 is 9.84 Å². The highest BCUT2D eigenvalue weighted by Crippen LogP contribution is 2.36. The number of aliphatic hydroxyl groups excluding tert-OH is 1. The molecule has 0 spiro atoms. The molecule has 2 unspecified atom stereocenters. The maximum atomic E-state index is 13.2. The van der Waals surface area contributed by atoms with E-state index in [9.17, 15) is 23.1 Å². The second kappa shape index (κ2) is 8.70. The average molecular weight is 358 g/mol. The number of aliphatic hydroxyl groups is 1. The molecule has 140 valence electrons. The predicted molar refractivity (Wildman–Crippen MR) is 87.9 cm³/mol. The van der Waals surface area contributed by atoms with Crippen LogP contribution in [0.15, 0.2) is 24.3 Å². The summed E-state index contributed by atoms with van der Waals surface area (Å²) >= 11 is 0. The molecule has 1 aliphatic carbocycles. The van der Waals surface area contributed by atoms with E-state index in [1.807, 2.05) is 19.1 Å². The van der Waals surface area contributed by atoms with Crippen molar-refractivity contribution in [1.29, 1.82) is 0 Å². The van der Waals surface area contributed by atoms with Crippen LogP contribution in [-0.4, -0.2) is 23.4 Å². The molecule has 1 aromatic carbocycles. The third kappa shape index (κ3) is 5.21. The van der Waals surface area contributed by atoms with E-state index < -0.39 is 30.3 Å². The van der Waals surface area contributed by atoms with Gasteiger partial charge in [0.1, 0.15) is 0 Å². The van der Waals surface area contributed by atoms with Crippen molar-refractivity contribution in [2.45, 2.75) is 70.3 Å². The summed E-state index contributed by atoms with van der Waals surface area (Å²) in [4.78, 5) is 12.3. The number of hydrogen-bond donors (Lipinski definition) is 1. The quantitative estimate of drug-likeness (QED) is 0.566. The number of unbranched alkanes of at least 4 members (excludes halogenated alkanes) is 3. The number of carbonyl (C=O) groups excluding carboxylic acids is 1. The van der Waals surface area contributed by atoms with Crippen molar-refractivity contribution in [2.75, 3.05) is 0 Å². The first-order valence-electron chi connectivity index (χ1n) is 8.87. The van der Waals surface area contributed by atoms with Gasteiger partial charge in [-0.3, -0.25) is 4.79 Å². The number of halogens is 3. The molecule has 25 heavy (non-hydrogen) atoms. The Labute approximate surface area is 146 Å². The Morgan fingerprint density at radius 3 is 2.68 bits per heavy atom. The molecule has 0 fully saturated rings. The molecular weight excluding hydrogens is 333 g/mol. The number of benzene rings is 1. The minimum Gasteiger partial charge on any atom is -0.452 e. The minimum atomic E-state index is -4.58. The zero-order chi connectivity index (χ0) is 18.4. The molecule has 1 N–H and O–H groups in total. The van der Waals surface area contributed by atoms with Crippen molar-refractivity contribution < 1.29 is 27.8 Å². The van der Waals surface area contributed by atoms with Gasteiger partial charge in [-0.25, -0.2) is 0 Å². The predicted octanol–water partition coefficient (Wildman–Crippen LogP) is 4.73. The maximum Gasteiger partial charge on any atom is 0.425 e. The molecule has 0 bridgehead atoms. The number of aryl methyl sites for hydroxylation is 1. The standard InChI is InChI=1S/C19H25F3O3/c1-2-3-4-5-10-16(19(20,21)22)25-18(24)15-12-11-13-8-6-7-9-14(13)17(15)23/h6-9,15-17,23H,2-5,10-12H2,1H3/t15?,16-,17?/m1/s1. The molecule has 2 rings (SSSR count). The van der Waals surface area contributed by atoms with Crippen molar-refractivity contribution in [3.63, 3.8) is 0 Å². The van der Waals surface area contributed by atoms with Gasteiger partial charge in [0.2, 0.25) is 0 Å². The number of carbonyl (C=O) groups is 1. The number of fused-ring (bicyclic) bond motifs is 1. The van der Waals surface area contributed by atoms with Gasteiger partial charge in [-0.1, -0.05) is 50.5 Å². The fraction of sp³-hybridized carbons (Fsp3) is 0.632. The van der Waals surface area contributed by atoms with E-state index in [0.29, 0.717) is 24.8 Å². The van der Waals surface area contributed by atoms with E-state index in [-0.39, 0.29) is 12.8 Å². The Bertz CT molecular complexity index is 571. The molecule has 0 saturated heterocycles. The summed E-state index contributed by atoms with van der Waals surface area (Å²) in [7, 11) is 0. The van der Waals surface area contributed by atoms with Crippen LogP contribution < -0.4 is 0 Å². The first-order valence-corrected chi connectivity index (χ1v) is 8.87. The summed E-state index contributed by atoms with van der Waals surface area (Å²) in [6.45, 7) is 1.98. The highest BCUT2D eigenvalue weighted by Gasteiger charge is 2.44. The number of alkyl halides is 3. The Morgan fingerprint density at radius 1 is 1.28 bits per heavy atom. The number of rotatable bonds is 7. The van der Waals surface area contributed by atoms with E-state index in [0.717, 1.165) is 18.4 Å². The van der Waals surface area contributed by atoms with E-state index in [4.69, 9.17) is 4.74 Å². The monoisotopic (exact) mass is 358 g/mol. The van der Waals surface area contributed by atoms with Crippen molar-refractivity contribution >= 4 is 5.97 Å². The van der Waals surface area contributed by atoms with E-state index >= 15 is 0 Å². The number of hydrogen-bond acceptors (Lipinski definition) is 3. The van der Waals surface area contributed by atoms with E-state index in [2.05, 4.69) is 0 Å². The number of esters is 1. The second-order valence-electron chi connectivity index (χ2n) is 6.61. The van der Waals surface area contributed by atoms with Gasteiger partial charge >= 0.3 is 12.1 Å². The Hall–Kier alpha value is -1.56. The molecule has 1 aromatic rings. The number of ether oxygens (including phenoxy) is 1. The fourth-order valence-electron chi connectivity index (χ4n) is 3.26. The van der Waals surface area contributed by atoms with Crippen LogP contribution in [0.2, 0.25) is 0 Å². The second-order valence-corrected chi connectivity index (χ2v) is 6.61. The third-order valence-corrected chi connectivity index (χ3v) is 4.73. The average Bonchev–Trinajstić information content (AvgIpc) is 2.57. The molecule has 0 saturated carbocycles. The summed E-state index contributed by atoms with van der Waals surface area (Å²) in [5.41, 5.74) is 1.52. The first-order chi connectivity index (χ1) is 11.8. The lowest BCUT2D eigenvalue weighted by Gasteiger charge is -2.30. The van der Waals surface area contributed by atoms with Gasteiger partial charge in [0.25, 0.3) is 0 Å². The zero-order valence-corrected chi connectivity index (χ0v) is 14.4. The van der Waals surface area contributed by atoms with Crippen molar-refractivity contribution in [1.82, 2.24) is 0 Å². The van der Waals surface area contributed by atoms with Crippen LogP contribution in [0, 0.1) is 5.92 Å². The summed E-state index contributed by atoms with van der Waals surface area (Å²) in [6.07, 6.45) is -4.37. The summed E-state index contributed by atoms with van der Waals surface area (Å²) < 4.78 is 44.3. The molecule has 0 aromatic heterocycles. The summed E-state index contributed by atoms with van der Waals surface area (Å²) in [5, 5.41) is 10.4. The topological polar surface area (TPSA) is 46.5 Å². The molecule has 0 heterocycles. The Balaban J connectivity index is 2.00. The van der Waals surface area contributed by atoms with E-state index in [1.54, 1.807) is 12.1 Å². The van der Waals surface area contributed by atoms with E-state index in [1.165, 1.54) is 0 Å². The van der Waals surface area contributed by atoms with Crippen molar-refractivity contribution in [2.24, 2.45) is 5.92 Å². The Kier molecular flexibility index (Phi) is 6.87. The van der Waals surface area contributed by atoms with Crippen molar-refractivity contribution in [3.8, 4) is 0 Å². The lowest BCUT2D eigenvalue weighted by Crippen LogP contribution is -2.38. The molecule has 0 aliphatic heterocycles. The molecule has 0 amide bonds. The zero-order valence-electron chi connectivity index (χ0n) is 14.4. The first kappa shape index (κ1) is 19.8. The van der Waals surface area contributed by atoms with Crippen LogP contribution >= 0.6 is 0 Å². The largest absolute Gasteiger partial charge is 0.452 e. The van der Waals surface area contributed by atoms with Gasteiger partial charge in [-0.05, 0) is 36.8 Å². The van der Waals surface area contributed by atoms with Crippen LogP contribution in [0.1, 0.15) is 62.7 Å². The van der Waals surface area contributed by atoms with Crippen LogP contribution in [-0.2, 0) is 16.0 Å². The molecule has 6 heteroatoms. The SMILES string of the molecule is CCCCCC[C@@H](OC(=O)C1CCc2ccccc2C1O)C(F)(F)F. The van der Waals surface area contributed by atoms with Gasteiger partial charge in [0, 0.05) is 0 Å². The third-order valence-electron chi connectivity index (χ3n) is 4.73. The highest BCUT2D eigenvalue weighted by molar-refractivity contribution is 5.74. The van der Waals surface area contributed by atoms with Gasteiger partial charge in [-0.15, -0.1) is 0 Å². The van der Waals surface area contributed by atoms with Crippen molar-refractivity contribution in [3.05, 3.63) is 35.4 Å². The Morgan fingerprint density at radius 2 is 2.00 bits per heavy atom. The lowest BCUT2D eigenvalue weighted by atomic mass is 9.81. The molecular formula is C19H25F3O3. The summed E-state index contributed by atoms with van der Waals surface area (Å²) in [5.74, 6) is -1.91. The smallest absolute Gasteiger partial charge is 0.425 e. The van der Waals surface area contributed by atoms with Gasteiger partial charge in [0.15, 0.2) is 6.10 Å².